The number of aliphatic hydroxyl groups excluding tert-OH is 1. The summed E-state index contributed by atoms with van der Waals surface area (Å²) in [7, 11) is 0. The molecule has 0 heterocycles. The number of likely N-dealkylation sites (N-methyl/N-ethyl adjacent to an activating group) is 1. The Kier molecular flexibility index (Phi) is 7.15. The summed E-state index contributed by atoms with van der Waals surface area (Å²) in [6.07, 6.45) is 0.653. The average Bonchev–Trinajstić information content (AvgIpc) is 2.45. The highest BCUT2D eigenvalue weighted by molar-refractivity contribution is 5.74. The average molecular weight is 296 g/mol. The van der Waals surface area contributed by atoms with Gasteiger partial charge in [0.05, 0.1) is 6.61 Å². The predicted octanol–water partition coefficient (Wildman–Crippen LogP) is 2.42. The van der Waals surface area contributed by atoms with Gasteiger partial charge in [-0.2, -0.15) is 0 Å². The third-order valence-electron chi connectivity index (χ3n) is 3.52. The molecule has 1 aromatic rings. The van der Waals surface area contributed by atoms with Crippen LogP contribution < -0.4 is 5.32 Å². The minimum Gasteiger partial charge on any atom is -0.395 e. The first-order valence-corrected chi connectivity index (χ1v) is 7.38. The summed E-state index contributed by atoms with van der Waals surface area (Å²) in [5, 5.41) is 12.0. The van der Waals surface area contributed by atoms with Crippen molar-refractivity contribution in [3.05, 3.63) is 35.6 Å². The molecule has 0 radical (unpaired) electrons. The van der Waals surface area contributed by atoms with Gasteiger partial charge in [0, 0.05) is 19.1 Å². The number of benzene rings is 1. The van der Waals surface area contributed by atoms with E-state index in [0.29, 0.717) is 19.5 Å². The first-order chi connectivity index (χ1) is 9.97. The molecule has 0 aliphatic heterocycles. The van der Waals surface area contributed by atoms with Crippen LogP contribution in [0.3, 0.4) is 0 Å². The zero-order valence-electron chi connectivity index (χ0n) is 13.0. The van der Waals surface area contributed by atoms with E-state index >= 15 is 0 Å². The minimum atomic E-state index is -0.260. The smallest absolute Gasteiger partial charge is 0.317 e. The molecule has 5 heteroatoms. The maximum Gasteiger partial charge on any atom is 0.317 e. The first kappa shape index (κ1) is 17.4. The van der Waals surface area contributed by atoms with E-state index in [1.165, 1.54) is 12.1 Å². The van der Waals surface area contributed by atoms with Crippen LogP contribution in [-0.2, 0) is 6.42 Å². The van der Waals surface area contributed by atoms with E-state index in [4.69, 9.17) is 5.11 Å². The van der Waals surface area contributed by atoms with Gasteiger partial charge in [-0.1, -0.05) is 26.0 Å². The maximum absolute atomic E-state index is 12.9. The van der Waals surface area contributed by atoms with Crippen molar-refractivity contribution in [2.45, 2.75) is 33.2 Å². The highest BCUT2D eigenvalue weighted by Gasteiger charge is 2.19. The van der Waals surface area contributed by atoms with Crippen LogP contribution in [0.4, 0.5) is 9.18 Å². The second kappa shape index (κ2) is 8.62. The fourth-order valence-corrected chi connectivity index (χ4v) is 2.10. The number of carbonyl (C=O) groups is 1. The molecule has 0 fully saturated rings. The van der Waals surface area contributed by atoms with Crippen LogP contribution in [0.15, 0.2) is 24.3 Å². The second-order valence-electron chi connectivity index (χ2n) is 5.43. The SMILES string of the molecule is CCN(CCO)C(=O)NC(Cc1ccc(F)cc1)C(C)C. The Labute approximate surface area is 126 Å². The molecular formula is C16H25FN2O2. The van der Waals surface area contributed by atoms with Crippen LogP contribution in [0.1, 0.15) is 26.3 Å². The lowest BCUT2D eigenvalue weighted by Gasteiger charge is -2.27. The Morgan fingerprint density at radius 3 is 2.43 bits per heavy atom. The van der Waals surface area contributed by atoms with Gasteiger partial charge >= 0.3 is 6.03 Å². The number of urea groups is 1. The molecule has 0 bridgehead atoms. The summed E-state index contributed by atoms with van der Waals surface area (Å²) in [6.45, 7) is 6.77. The topological polar surface area (TPSA) is 52.6 Å². The Hall–Kier alpha value is -1.62. The van der Waals surface area contributed by atoms with Crippen LogP contribution in [0, 0.1) is 11.7 Å². The van der Waals surface area contributed by atoms with Crippen molar-refractivity contribution < 1.29 is 14.3 Å². The number of carbonyl (C=O) groups excluding carboxylic acids is 1. The van der Waals surface area contributed by atoms with Crippen molar-refractivity contribution in [3.63, 3.8) is 0 Å². The fourth-order valence-electron chi connectivity index (χ4n) is 2.10. The lowest BCUT2D eigenvalue weighted by Crippen LogP contribution is -2.48. The van der Waals surface area contributed by atoms with Gasteiger partial charge in [-0.15, -0.1) is 0 Å². The van der Waals surface area contributed by atoms with Crippen molar-refractivity contribution in [3.8, 4) is 0 Å². The number of rotatable bonds is 7. The molecule has 118 valence electrons. The maximum atomic E-state index is 12.9. The van der Waals surface area contributed by atoms with Gasteiger partial charge in [-0.3, -0.25) is 0 Å². The summed E-state index contributed by atoms with van der Waals surface area (Å²) in [4.78, 5) is 13.7. The number of nitrogens with zero attached hydrogens (tertiary/aromatic N) is 1. The third kappa shape index (κ3) is 5.71. The van der Waals surface area contributed by atoms with Crippen LogP contribution in [0.2, 0.25) is 0 Å². The van der Waals surface area contributed by atoms with E-state index in [9.17, 15) is 9.18 Å². The molecule has 1 unspecified atom stereocenters. The van der Waals surface area contributed by atoms with Gasteiger partial charge in [-0.05, 0) is 37.0 Å². The molecule has 4 nitrogen and oxygen atoms in total. The molecule has 0 aliphatic carbocycles. The van der Waals surface area contributed by atoms with E-state index in [0.717, 1.165) is 5.56 Å². The molecule has 0 saturated heterocycles. The second-order valence-corrected chi connectivity index (χ2v) is 5.43. The summed E-state index contributed by atoms with van der Waals surface area (Å²) >= 11 is 0. The zero-order valence-corrected chi connectivity index (χ0v) is 13.0. The number of hydrogen-bond acceptors (Lipinski definition) is 2. The molecule has 1 atom stereocenters. The summed E-state index contributed by atoms with van der Waals surface area (Å²) in [5.74, 6) is -0.00387. The van der Waals surface area contributed by atoms with E-state index in [-0.39, 0.29) is 30.4 Å². The highest BCUT2D eigenvalue weighted by Crippen LogP contribution is 2.12. The number of nitrogens with one attached hydrogen (secondary N) is 1. The van der Waals surface area contributed by atoms with E-state index in [1.54, 1.807) is 17.0 Å². The molecule has 0 aromatic heterocycles. The number of aliphatic hydroxyl groups is 1. The standard InChI is InChI=1S/C16H25FN2O2/c1-4-19(9-10-20)16(21)18-15(12(2)3)11-13-5-7-14(17)8-6-13/h5-8,12,15,20H,4,9-11H2,1-3H3,(H,18,21). The summed E-state index contributed by atoms with van der Waals surface area (Å²) < 4.78 is 12.9. The number of hydrogen-bond donors (Lipinski definition) is 2. The van der Waals surface area contributed by atoms with Crippen LogP contribution >= 0.6 is 0 Å². The molecule has 2 amide bonds. The normalized spacial score (nSPS) is 12.3. The van der Waals surface area contributed by atoms with Gasteiger partial charge in [0.25, 0.3) is 0 Å². The molecule has 0 saturated carbocycles. The molecule has 1 rings (SSSR count). The molecule has 2 N–H and O–H groups in total. The highest BCUT2D eigenvalue weighted by atomic mass is 19.1. The lowest BCUT2D eigenvalue weighted by molar-refractivity contribution is 0.174. The van der Waals surface area contributed by atoms with E-state index in [2.05, 4.69) is 5.32 Å². The van der Waals surface area contributed by atoms with Gasteiger partial charge in [0.2, 0.25) is 0 Å². The number of halogens is 1. The molecule has 0 aliphatic rings. The van der Waals surface area contributed by atoms with Crippen molar-refractivity contribution in [2.24, 2.45) is 5.92 Å². The van der Waals surface area contributed by atoms with Gasteiger partial charge < -0.3 is 15.3 Å². The molecule has 1 aromatic carbocycles. The van der Waals surface area contributed by atoms with Crippen molar-refractivity contribution in [2.75, 3.05) is 19.7 Å². The zero-order chi connectivity index (χ0) is 15.8. The summed E-state index contributed by atoms with van der Waals surface area (Å²) in [5.41, 5.74) is 0.987. The minimum absolute atomic E-state index is 0.0318. The Morgan fingerprint density at radius 2 is 1.95 bits per heavy atom. The Morgan fingerprint density at radius 1 is 1.33 bits per heavy atom. The van der Waals surface area contributed by atoms with Crippen LogP contribution in [0.5, 0.6) is 0 Å². The van der Waals surface area contributed by atoms with Crippen molar-refractivity contribution >= 4 is 6.03 Å². The predicted molar refractivity (Wildman–Crippen MR) is 81.6 cm³/mol. The summed E-state index contributed by atoms with van der Waals surface area (Å²) in [6, 6.07) is 6.13. The Balaban J connectivity index is 2.69. The van der Waals surface area contributed by atoms with E-state index < -0.39 is 0 Å². The largest absolute Gasteiger partial charge is 0.395 e. The molecule has 0 spiro atoms. The quantitative estimate of drug-likeness (QED) is 0.812. The van der Waals surface area contributed by atoms with Crippen molar-refractivity contribution in [1.82, 2.24) is 10.2 Å². The van der Waals surface area contributed by atoms with Crippen molar-refractivity contribution in [1.29, 1.82) is 0 Å². The van der Waals surface area contributed by atoms with Gasteiger partial charge in [-0.25, -0.2) is 9.18 Å². The lowest BCUT2D eigenvalue weighted by atomic mass is 9.96. The monoisotopic (exact) mass is 296 g/mol. The molecular weight excluding hydrogens is 271 g/mol. The Bertz CT molecular complexity index is 434. The fraction of sp³-hybridized carbons (Fsp3) is 0.562. The van der Waals surface area contributed by atoms with Gasteiger partial charge in [0.1, 0.15) is 5.82 Å². The van der Waals surface area contributed by atoms with Crippen LogP contribution in [-0.4, -0.2) is 41.8 Å². The number of amides is 2. The van der Waals surface area contributed by atoms with E-state index in [1.807, 2.05) is 20.8 Å². The molecule has 21 heavy (non-hydrogen) atoms. The van der Waals surface area contributed by atoms with Crippen LogP contribution in [0.25, 0.3) is 0 Å². The first-order valence-electron chi connectivity index (χ1n) is 7.38. The van der Waals surface area contributed by atoms with Gasteiger partial charge in [0.15, 0.2) is 0 Å². The third-order valence-corrected chi connectivity index (χ3v) is 3.52.